The number of benzene rings is 1. The van der Waals surface area contributed by atoms with E-state index in [1.54, 1.807) is 7.11 Å². The van der Waals surface area contributed by atoms with E-state index >= 15 is 0 Å². The quantitative estimate of drug-likeness (QED) is 0.520. The zero-order chi connectivity index (χ0) is 13.9. The number of hydrogen-bond donors (Lipinski definition) is 1. The average Bonchev–Trinajstić information content (AvgIpc) is 2.42. The molecule has 0 saturated carbocycles. The third kappa shape index (κ3) is 7.49. The Bertz CT molecular complexity index is 362. The molecule has 0 aliphatic rings. The molecule has 0 spiro atoms. The number of methoxy groups -OCH3 is 1. The van der Waals surface area contributed by atoms with Gasteiger partial charge in [-0.25, -0.2) is 0 Å². The maximum absolute atomic E-state index is 5.58. The molecule has 0 aliphatic heterocycles. The molecular weight excluding hydrogens is 242 g/mol. The number of rotatable bonds is 10. The van der Waals surface area contributed by atoms with Gasteiger partial charge in [-0.1, -0.05) is 12.2 Å². The Balaban J connectivity index is 1.99. The molecule has 19 heavy (non-hydrogen) atoms. The van der Waals surface area contributed by atoms with Crippen LogP contribution in [0.15, 0.2) is 36.4 Å². The van der Waals surface area contributed by atoms with Crippen LogP contribution >= 0.6 is 0 Å². The van der Waals surface area contributed by atoms with E-state index in [9.17, 15) is 0 Å². The molecule has 0 aromatic heterocycles. The van der Waals surface area contributed by atoms with E-state index in [2.05, 4.69) is 11.9 Å². The first kappa shape index (κ1) is 15.5. The van der Waals surface area contributed by atoms with Gasteiger partial charge >= 0.3 is 0 Å². The van der Waals surface area contributed by atoms with Crippen molar-refractivity contribution in [3.8, 4) is 11.5 Å². The summed E-state index contributed by atoms with van der Waals surface area (Å²) in [6, 6.07) is 7.56. The molecule has 4 heteroatoms. The first-order valence-electron chi connectivity index (χ1n) is 6.42. The summed E-state index contributed by atoms with van der Waals surface area (Å²) in [5.74, 6) is 1.68. The van der Waals surface area contributed by atoms with Crippen LogP contribution in [0.1, 0.15) is 6.92 Å². The molecule has 0 saturated heterocycles. The normalized spacial score (nSPS) is 10.2. The fraction of sp³-hybridized carbons (Fsp3) is 0.467. The minimum absolute atomic E-state index is 0.629. The van der Waals surface area contributed by atoms with Crippen LogP contribution in [0, 0.1) is 0 Å². The predicted molar refractivity (Wildman–Crippen MR) is 77.0 cm³/mol. The molecule has 1 aromatic carbocycles. The Labute approximate surface area is 115 Å². The molecule has 0 unspecified atom stereocenters. The monoisotopic (exact) mass is 265 g/mol. The third-order valence-corrected chi connectivity index (χ3v) is 2.38. The fourth-order valence-corrected chi connectivity index (χ4v) is 1.43. The van der Waals surface area contributed by atoms with Crippen molar-refractivity contribution in [2.75, 3.05) is 40.0 Å². The maximum Gasteiger partial charge on any atom is 0.119 e. The zero-order valence-electron chi connectivity index (χ0n) is 11.8. The van der Waals surface area contributed by atoms with E-state index in [-0.39, 0.29) is 0 Å². The Hall–Kier alpha value is -1.52. The lowest BCUT2D eigenvalue weighted by Crippen LogP contribution is -2.25. The van der Waals surface area contributed by atoms with Gasteiger partial charge in [0.1, 0.15) is 18.1 Å². The van der Waals surface area contributed by atoms with Crippen molar-refractivity contribution in [1.82, 2.24) is 5.32 Å². The summed E-state index contributed by atoms with van der Waals surface area (Å²) in [7, 11) is 1.65. The zero-order valence-corrected chi connectivity index (χ0v) is 11.8. The van der Waals surface area contributed by atoms with Crippen molar-refractivity contribution >= 4 is 0 Å². The van der Waals surface area contributed by atoms with Gasteiger partial charge in [0.2, 0.25) is 0 Å². The molecule has 1 rings (SSSR count). The van der Waals surface area contributed by atoms with E-state index in [0.29, 0.717) is 19.8 Å². The number of ether oxygens (including phenoxy) is 3. The standard InChI is InChI=1S/C15H23NO3/c1-13(2)12-18-10-8-16-9-11-19-15-6-4-14(17-3)5-7-15/h4-7,16H,1,8-12H2,2-3H3. The van der Waals surface area contributed by atoms with E-state index in [0.717, 1.165) is 30.2 Å². The molecule has 0 aliphatic carbocycles. The van der Waals surface area contributed by atoms with E-state index < -0.39 is 0 Å². The summed E-state index contributed by atoms with van der Waals surface area (Å²) in [5, 5.41) is 3.25. The van der Waals surface area contributed by atoms with E-state index in [1.165, 1.54) is 0 Å². The van der Waals surface area contributed by atoms with Crippen LogP contribution in [0.4, 0.5) is 0 Å². The van der Waals surface area contributed by atoms with Gasteiger partial charge in [0.05, 0.1) is 20.3 Å². The summed E-state index contributed by atoms with van der Waals surface area (Å²) < 4.78 is 16.0. The topological polar surface area (TPSA) is 39.7 Å². The molecule has 1 aromatic rings. The highest BCUT2D eigenvalue weighted by atomic mass is 16.5. The molecular formula is C15H23NO3. The Morgan fingerprint density at radius 2 is 1.74 bits per heavy atom. The van der Waals surface area contributed by atoms with Crippen LogP contribution in [-0.2, 0) is 4.74 Å². The van der Waals surface area contributed by atoms with Crippen LogP contribution in [0.3, 0.4) is 0 Å². The van der Waals surface area contributed by atoms with Crippen molar-refractivity contribution in [2.24, 2.45) is 0 Å². The van der Waals surface area contributed by atoms with Crippen LogP contribution in [0.25, 0.3) is 0 Å². The van der Waals surface area contributed by atoms with Gasteiger partial charge < -0.3 is 19.5 Å². The number of nitrogens with one attached hydrogen (secondary N) is 1. The summed E-state index contributed by atoms with van der Waals surface area (Å²) >= 11 is 0. The van der Waals surface area contributed by atoms with Crippen LogP contribution in [-0.4, -0.2) is 40.0 Å². The highest BCUT2D eigenvalue weighted by molar-refractivity contribution is 5.31. The van der Waals surface area contributed by atoms with Gasteiger partial charge in [-0.3, -0.25) is 0 Å². The molecule has 0 fully saturated rings. The minimum Gasteiger partial charge on any atom is -0.497 e. The Morgan fingerprint density at radius 1 is 1.11 bits per heavy atom. The predicted octanol–water partition coefficient (Wildman–Crippen LogP) is 2.26. The highest BCUT2D eigenvalue weighted by Crippen LogP contribution is 2.16. The van der Waals surface area contributed by atoms with Crippen molar-refractivity contribution in [3.05, 3.63) is 36.4 Å². The molecule has 0 atom stereocenters. The maximum atomic E-state index is 5.58. The average molecular weight is 265 g/mol. The fourth-order valence-electron chi connectivity index (χ4n) is 1.43. The first-order chi connectivity index (χ1) is 9.22. The summed E-state index contributed by atoms with van der Waals surface area (Å²) in [6.07, 6.45) is 0. The summed E-state index contributed by atoms with van der Waals surface area (Å²) in [6.45, 7) is 9.29. The summed E-state index contributed by atoms with van der Waals surface area (Å²) in [4.78, 5) is 0. The lowest BCUT2D eigenvalue weighted by molar-refractivity contribution is 0.156. The second-order valence-corrected chi connectivity index (χ2v) is 4.28. The van der Waals surface area contributed by atoms with Crippen molar-refractivity contribution < 1.29 is 14.2 Å². The Morgan fingerprint density at radius 3 is 2.37 bits per heavy atom. The van der Waals surface area contributed by atoms with Gasteiger partial charge in [0.15, 0.2) is 0 Å². The molecule has 0 heterocycles. The highest BCUT2D eigenvalue weighted by Gasteiger charge is 1.95. The third-order valence-electron chi connectivity index (χ3n) is 2.38. The smallest absolute Gasteiger partial charge is 0.119 e. The Kier molecular flexibility index (Phi) is 7.70. The van der Waals surface area contributed by atoms with Crippen LogP contribution in [0.2, 0.25) is 0 Å². The summed E-state index contributed by atoms with van der Waals surface area (Å²) in [5.41, 5.74) is 1.04. The molecule has 0 amide bonds. The van der Waals surface area contributed by atoms with Crippen molar-refractivity contribution in [1.29, 1.82) is 0 Å². The lowest BCUT2D eigenvalue weighted by atomic mass is 10.3. The van der Waals surface area contributed by atoms with Gasteiger partial charge in [0, 0.05) is 13.1 Å². The molecule has 0 bridgehead atoms. The SMILES string of the molecule is C=C(C)COCCNCCOc1ccc(OC)cc1. The van der Waals surface area contributed by atoms with Gasteiger partial charge in [-0.05, 0) is 31.2 Å². The first-order valence-corrected chi connectivity index (χ1v) is 6.42. The van der Waals surface area contributed by atoms with Gasteiger partial charge in [-0.2, -0.15) is 0 Å². The molecule has 106 valence electrons. The number of hydrogen-bond acceptors (Lipinski definition) is 4. The van der Waals surface area contributed by atoms with Gasteiger partial charge in [0.25, 0.3) is 0 Å². The second-order valence-electron chi connectivity index (χ2n) is 4.28. The van der Waals surface area contributed by atoms with Crippen molar-refractivity contribution in [3.63, 3.8) is 0 Å². The van der Waals surface area contributed by atoms with Gasteiger partial charge in [-0.15, -0.1) is 0 Å². The molecule has 4 nitrogen and oxygen atoms in total. The molecule has 0 radical (unpaired) electrons. The van der Waals surface area contributed by atoms with Crippen molar-refractivity contribution in [2.45, 2.75) is 6.92 Å². The van der Waals surface area contributed by atoms with E-state index in [1.807, 2.05) is 31.2 Å². The largest absolute Gasteiger partial charge is 0.497 e. The van der Waals surface area contributed by atoms with Crippen LogP contribution in [0.5, 0.6) is 11.5 Å². The molecule has 1 N–H and O–H groups in total. The lowest BCUT2D eigenvalue weighted by Gasteiger charge is -2.08. The van der Waals surface area contributed by atoms with Crippen LogP contribution < -0.4 is 14.8 Å². The van der Waals surface area contributed by atoms with E-state index in [4.69, 9.17) is 14.2 Å². The minimum atomic E-state index is 0.629. The second kappa shape index (κ2) is 9.42.